The Bertz CT molecular complexity index is 415. The maximum atomic E-state index is 11.0. The first-order valence-corrected chi connectivity index (χ1v) is 4.10. The third-order valence-electron chi connectivity index (χ3n) is 1.87. The molecule has 0 bridgehead atoms. The minimum atomic E-state index is -0.236. The van der Waals surface area contributed by atoms with Crippen LogP contribution in [0.4, 0.5) is 5.69 Å². The molecule has 5 heteroatoms. The molecule has 1 N–H and O–H groups in total. The van der Waals surface area contributed by atoms with Gasteiger partial charge < -0.3 is 10.1 Å². The minimum Gasteiger partial charge on any atom is -0.466 e. The maximum Gasteiger partial charge on any atom is 0.262 e. The fraction of sp³-hybridized carbons (Fsp3) is 0.222. The normalized spacial score (nSPS) is 13.9. The van der Waals surface area contributed by atoms with E-state index in [-0.39, 0.29) is 18.3 Å². The second-order valence-electron chi connectivity index (χ2n) is 2.97. The van der Waals surface area contributed by atoms with Crippen molar-refractivity contribution in [1.29, 1.82) is 0 Å². The Kier molecular flexibility index (Phi) is 1.92. The van der Waals surface area contributed by atoms with Gasteiger partial charge in [0.1, 0.15) is 5.69 Å². The van der Waals surface area contributed by atoms with Gasteiger partial charge in [0.25, 0.3) is 5.91 Å². The molecule has 1 aliphatic rings. The molecule has 0 aliphatic carbocycles. The van der Waals surface area contributed by atoms with Crippen LogP contribution in [0.25, 0.3) is 0 Å². The summed E-state index contributed by atoms with van der Waals surface area (Å²) in [6.07, 6.45) is 1.43. The summed E-state index contributed by atoms with van der Waals surface area (Å²) in [5, 5.41) is 2.58. The highest BCUT2D eigenvalue weighted by Crippen LogP contribution is 2.25. The summed E-state index contributed by atoms with van der Waals surface area (Å²) < 4.78 is 5.04. The molecule has 1 aromatic heterocycles. The number of hydrogen-bond acceptors (Lipinski definition) is 4. The molecule has 0 aromatic carbocycles. The third kappa shape index (κ3) is 1.44. The number of carbonyl (C=O) groups excluding carboxylic acids is 2. The fourth-order valence-corrected chi connectivity index (χ4v) is 1.17. The highest BCUT2D eigenvalue weighted by atomic mass is 16.5. The summed E-state index contributed by atoms with van der Waals surface area (Å²) in [4.78, 5) is 25.9. The Morgan fingerprint density at radius 1 is 1.64 bits per heavy atom. The van der Waals surface area contributed by atoms with E-state index in [0.717, 1.165) is 0 Å². The van der Waals surface area contributed by atoms with Crippen LogP contribution in [0.5, 0.6) is 5.88 Å². The summed E-state index contributed by atoms with van der Waals surface area (Å²) in [6, 6.07) is 1.56. The van der Waals surface area contributed by atoms with Gasteiger partial charge in [0.15, 0.2) is 12.4 Å². The molecule has 2 heterocycles. The Morgan fingerprint density at radius 3 is 3.14 bits per heavy atom. The molecule has 0 fully saturated rings. The first-order chi connectivity index (χ1) is 6.66. The van der Waals surface area contributed by atoms with Crippen LogP contribution in [0, 0.1) is 0 Å². The predicted octanol–water partition coefficient (Wildman–Crippen LogP) is 0.615. The molecular weight excluding hydrogens is 184 g/mol. The molecule has 0 saturated carbocycles. The number of rotatable bonds is 1. The van der Waals surface area contributed by atoms with Crippen LogP contribution in [-0.4, -0.2) is 23.3 Å². The molecule has 2 rings (SSSR count). The molecule has 0 unspecified atom stereocenters. The zero-order valence-electron chi connectivity index (χ0n) is 7.53. The number of nitrogens with one attached hydrogen (secondary N) is 1. The zero-order chi connectivity index (χ0) is 10.1. The number of Topliss-reactive ketones (excluding diaryl/α,β-unsaturated/α-hetero) is 1. The second-order valence-corrected chi connectivity index (χ2v) is 2.97. The largest absolute Gasteiger partial charge is 0.466 e. The van der Waals surface area contributed by atoms with Gasteiger partial charge in [-0.2, -0.15) is 0 Å². The molecular formula is C9H8N2O3. The standard InChI is InChI=1S/C9H8N2O3/c1-5(12)6-2-7-9(10-3-6)14-4-8(13)11-7/h2-3H,4H2,1H3,(H,11,13). The molecule has 0 spiro atoms. The number of carbonyl (C=O) groups is 2. The highest BCUT2D eigenvalue weighted by molar-refractivity contribution is 5.98. The summed E-state index contributed by atoms with van der Waals surface area (Å²) in [5.41, 5.74) is 0.906. The first-order valence-electron chi connectivity index (χ1n) is 4.10. The quantitative estimate of drug-likeness (QED) is 0.662. The smallest absolute Gasteiger partial charge is 0.262 e. The lowest BCUT2D eigenvalue weighted by atomic mass is 10.2. The molecule has 1 aliphatic heterocycles. The minimum absolute atomic E-state index is 0.0284. The van der Waals surface area contributed by atoms with Gasteiger partial charge in [0.2, 0.25) is 5.88 Å². The van der Waals surface area contributed by atoms with Gasteiger partial charge in [0, 0.05) is 11.8 Å². The predicted molar refractivity (Wildman–Crippen MR) is 48.4 cm³/mol. The van der Waals surface area contributed by atoms with Crippen molar-refractivity contribution < 1.29 is 14.3 Å². The van der Waals surface area contributed by atoms with Crippen molar-refractivity contribution in [3.05, 3.63) is 17.8 Å². The van der Waals surface area contributed by atoms with E-state index in [9.17, 15) is 9.59 Å². The lowest BCUT2D eigenvalue weighted by Gasteiger charge is -2.16. The number of aromatic nitrogens is 1. The van der Waals surface area contributed by atoms with Gasteiger partial charge in [-0.3, -0.25) is 9.59 Å². The number of nitrogens with zero attached hydrogens (tertiary/aromatic N) is 1. The van der Waals surface area contributed by atoms with Crippen LogP contribution >= 0.6 is 0 Å². The van der Waals surface area contributed by atoms with Gasteiger partial charge >= 0.3 is 0 Å². The zero-order valence-corrected chi connectivity index (χ0v) is 7.53. The molecule has 0 radical (unpaired) electrons. The monoisotopic (exact) mass is 192 g/mol. The molecule has 72 valence electrons. The topological polar surface area (TPSA) is 68.3 Å². The SMILES string of the molecule is CC(=O)c1cnc2c(c1)NC(=O)CO2. The number of ketones is 1. The van der Waals surface area contributed by atoms with E-state index in [0.29, 0.717) is 17.1 Å². The third-order valence-corrected chi connectivity index (χ3v) is 1.87. The van der Waals surface area contributed by atoms with Gasteiger partial charge in [-0.25, -0.2) is 4.98 Å². The summed E-state index contributed by atoms with van der Waals surface area (Å²) in [5.74, 6) is 0.0229. The molecule has 0 saturated heterocycles. The maximum absolute atomic E-state index is 11.0. The van der Waals surface area contributed by atoms with E-state index in [1.807, 2.05) is 0 Å². The molecule has 14 heavy (non-hydrogen) atoms. The van der Waals surface area contributed by atoms with Crippen LogP contribution in [0.3, 0.4) is 0 Å². The fourth-order valence-electron chi connectivity index (χ4n) is 1.17. The van der Waals surface area contributed by atoms with Crippen molar-refractivity contribution in [3.63, 3.8) is 0 Å². The van der Waals surface area contributed by atoms with Crippen molar-refractivity contribution in [2.45, 2.75) is 6.92 Å². The van der Waals surface area contributed by atoms with Gasteiger partial charge in [-0.15, -0.1) is 0 Å². The van der Waals surface area contributed by atoms with E-state index >= 15 is 0 Å². The summed E-state index contributed by atoms with van der Waals surface area (Å²) >= 11 is 0. The Labute approximate surface area is 80.1 Å². The lowest BCUT2D eigenvalue weighted by Crippen LogP contribution is -2.26. The van der Waals surface area contributed by atoms with E-state index in [1.165, 1.54) is 13.1 Å². The van der Waals surface area contributed by atoms with Crippen molar-refractivity contribution in [3.8, 4) is 5.88 Å². The van der Waals surface area contributed by atoms with Crippen molar-refractivity contribution in [2.24, 2.45) is 0 Å². The van der Waals surface area contributed by atoms with E-state index in [1.54, 1.807) is 6.07 Å². The van der Waals surface area contributed by atoms with Crippen LogP contribution < -0.4 is 10.1 Å². The number of hydrogen-bond donors (Lipinski definition) is 1. The van der Waals surface area contributed by atoms with Gasteiger partial charge in [-0.1, -0.05) is 0 Å². The molecule has 0 atom stereocenters. The number of fused-ring (bicyclic) bond motifs is 1. The van der Waals surface area contributed by atoms with E-state index in [4.69, 9.17) is 4.74 Å². The number of pyridine rings is 1. The summed E-state index contributed by atoms with van der Waals surface area (Å²) in [7, 11) is 0. The van der Waals surface area contributed by atoms with Crippen LogP contribution in [-0.2, 0) is 4.79 Å². The molecule has 1 amide bonds. The van der Waals surface area contributed by atoms with Crippen LogP contribution in [0.2, 0.25) is 0 Å². The number of ether oxygens (including phenoxy) is 1. The average molecular weight is 192 g/mol. The van der Waals surface area contributed by atoms with Crippen molar-refractivity contribution in [1.82, 2.24) is 4.98 Å². The summed E-state index contributed by atoms with van der Waals surface area (Å²) in [6.45, 7) is 1.41. The van der Waals surface area contributed by atoms with Gasteiger partial charge in [-0.05, 0) is 13.0 Å². The Balaban J connectivity index is 2.42. The van der Waals surface area contributed by atoms with E-state index in [2.05, 4.69) is 10.3 Å². The average Bonchev–Trinajstić information content (AvgIpc) is 2.16. The highest BCUT2D eigenvalue weighted by Gasteiger charge is 2.17. The number of anilines is 1. The Morgan fingerprint density at radius 2 is 2.43 bits per heavy atom. The van der Waals surface area contributed by atoms with Crippen LogP contribution in [0.1, 0.15) is 17.3 Å². The second kappa shape index (κ2) is 3.10. The Hall–Kier alpha value is -1.91. The first kappa shape index (κ1) is 8.68. The van der Waals surface area contributed by atoms with Crippen molar-refractivity contribution >= 4 is 17.4 Å². The molecule has 1 aromatic rings. The van der Waals surface area contributed by atoms with Crippen molar-refractivity contribution in [2.75, 3.05) is 11.9 Å². The van der Waals surface area contributed by atoms with E-state index < -0.39 is 0 Å². The van der Waals surface area contributed by atoms with Crippen LogP contribution in [0.15, 0.2) is 12.3 Å². The number of amides is 1. The van der Waals surface area contributed by atoms with Gasteiger partial charge in [0.05, 0.1) is 0 Å². The lowest BCUT2D eigenvalue weighted by molar-refractivity contribution is -0.118. The molecule has 5 nitrogen and oxygen atoms in total.